The van der Waals surface area contributed by atoms with E-state index in [2.05, 4.69) is 0 Å². The minimum absolute atomic E-state index is 0. The molecule has 0 saturated heterocycles. The van der Waals surface area contributed by atoms with E-state index in [4.69, 9.17) is 80.4 Å². The summed E-state index contributed by atoms with van der Waals surface area (Å²) < 4.78 is 0. The summed E-state index contributed by atoms with van der Waals surface area (Å²) in [5.41, 5.74) is 0. The van der Waals surface area contributed by atoms with Crippen LogP contribution in [-0.4, -0.2) is 18.8 Å². The van der Waals surface area contributed by atoms with Crippen molar-refractivity contribution in [1.82, 2.24) is 0 Å². The van der Waals surface area contributed by atoms with Crippen LogP contribution >= 0.6 is 80.4 Å². The molecule has 0 aromatic heterocycles. The third-order valence-corrected chi connectivity index (χ3v) is 0. The molecule has 0 amide bonds. The largest absolute Gasteiger partial charge is 0.564 e. The normalized spacial score (nSPS) is 10.0. The van der Waals surface area contributed by atoms with Crippen LogP contribution in [0.25, 0.3) is 0 Å². The van der Waals surface area contributed by atoms with Crippen molar-refractivity contribution in [2.24, 2.45) is 0 Å². The average molecular weight is 562 g/mol. The molecule has 12 heavy (non-hydrogen) atoms. The molecule has 0 aliphatic rings. The quantitative estimate of drug-likeness (QED) is 0.374. The fourth-order valence-corrected chi connectivity index (χ4v) is 0. The third-order valence-electron chi connectivity index (χ3n) is 0. The SMILES string of the molecule is [Cd].[Cd].[Cl][Al-]([Cl])([Cl])[Cl].[Cl][Al-]([Cl])([Cl])[Cl]. The summed E-state index contributed by atoms with van der Waals surface area (Å²) in [5.74, 6) is 0. The molecule has 0 heterocycles. The first-order valence-corrected chi connectivity index (χ1v) is 15.7. The molecule has 0 aromatic rings. The van der Waals surface area contributed by atoms with Gasteiger partial charge in [-0.25, -0.2) is 0 Å². The molecule has 0 saturated carbocycles. The van der Waals surface area contributed by atoms with Crippen LogP contribution in [0, 0.1) is 0 Å². The Bertz CT molecular complexity index is 58.0. The van der Waals surface area contributed by atoms with Crippen LogP contribution in [0.1, 0.15) is 0 Å². The molecule has 0 spiro atoms. The molecule has 0 radical (unpaired) electrons. The van der Waals surface area contributed by atoms with Crippen molar-refractivity contribution in [3.8, 4) is 0 Å². The van der Waals surface area contributed by atoms with Crippen LogP contribution in [-0.2, 0) is 54.6 Å². The maximum atomic E-state index is 4.99. The van der Waals surface area contributed by atoms with E-state index in [1.54, 1.807) is 0 Å². The van der Waals surface area contributed by atoms with Crippen LogP contribution in [0.4, 0.5) is 0 Å². The van der Waals surface area contributed by atoms with Gasteiger partial charge in [0.15, 0.2) is 0 Å². The summed E-state index contributed by atoms with van der Waals surface area (Å²) in [7, 11) is 34.1. The van der Waals surface area contributed by atoms with E-state index >= 15 is 0 Å². The Labute approximate surface area is 150 Å². The monoisotopic (exact) mass is 562 g/mol. The zero-order valence-corrected chi connectivity index (χ0v) is 22.0. The van der Waals surface area contributed by atoms with Crippen molar-refractivity contribution in [2.45, 2.75) is 0 Å². The molecule has 0 fully saturated rings. The minimum Gasteiger partial charge on any atom is -0.391 e. The van der Waals surface area contributed by atoms with E-state index < -0.39 is 18.8 Å². The zero-order valence-electron chi connectivity index (χ0n) is 5.59. The second-order valence-corrected chi connectivity index (χ2v) is 26.7. The van der Waals surface area contributed by atoms with Gasteiger partial charge in [-0.1, -0.05) is 0 Å². The van der Waals surface area contributed by atoms with E-state index in [0.717, 1.165) is 0 Å². The molecule has 0 aromatic carbocycles. The summed E-state index contributed by atoms with van der Waals surface area (Å²) >= 11 is 0. The van der Waals surface area contributed by atoms with Gasteiger partial charge in [0.25, 0.3) is 0 Å². The van der Waals surface area contributed by atoms with Crippen LogP contribution in [0.15, 0.2) is 0 Å². The smallest absolute Gasteiger partial charge is 0.391 e. The molecule has 0 rings (SSSR count). The van der Waals surface area contributed by atoms with Crippen LogP contribution in [0.5, 0.6) is 0 Å². The minimum atomic E-state index is -2.94. The molecule has 0 aliphatic heterocycles. The Balaban J connectivity index is -0.0000000457. The molecule has 0 bridgehead atoms. The maximum Gasteiger partial charge on any atom is 0.564 e. The fraction of sp³-hybridized carbons (Fsp3) is 0. The Kier molecular flexibility index (Phi) is 27.4. The van der Waals surface area contributed by atoms with Gasteiger partial charge in [0, 0.05) is 54.6 Å². The predicted molar refractivity (Wildman–Crippen MR) is 58.3 cm³/mol. The van der Waals surface area contributed by atoms with Crippen LogP contribution < -0.4 is 0 Å². The van der Waals surface area contributed by atoms with E-state index in [1.165, 1.54) is 0 Å². The van der Waals surface area contributed by atoms with Gasteiger partial charge in [-0.3, -0.25) is 0 Å². The number of hydrogen-bond donors (Lipinski definition) is 0. The molecule has 0 atom stereocenters. The van der Waals surface area contributed by atoms with Crippen molar-refractivity contribution in [1.29, 1.82) is 0 Å². The Morgan fingerprint density at radius 1 is 0.417 bits per heavy atom. The Morgan fingerprint density at radius 3 is 0.417 bits per heavy atom. The maximum absolute atomic E-state index is 4.99. The van der Waals surface area contributed by atoms with Crippen LogP contribution in [0.3, 0.4) is 0 Å². The van der Waals surface area contributed by atoms with Gasteiger partial charge in [-0.05, 0) is 0 Å². The van der Waals surface area contributed by atoms with Crippen molar-refractivity contribution >= 4 is 99.2 Å². The first-order chi connectivity index (χ1) is 4.00. The van der Waals surface area contributed by atoms with E-state index in [9.17, 15) is 0 Å². The van der Waals surface area contributed by atoms with Gasteiger partial charge in [-0.15, -0.1) is 0 Å². The van der Waals surface area contributed by atoms with Crippen molar-refractivity contribution < 1.29 is 54.6 Å². The Hall–Kier alpha value is 5.23. The third kappa shape index (κ3) is 113. The van der Waals surface area contributed by atoms with Gasteiger partial charge >= 0.3 is 18.8 Å². The molecule has 0 nitrogen and oxygen atoms in total. The summed E-state index contributed by atoms with van der Waals surface area (Å²) in [5, 5.41) is 0. The Morgan fingerprint density at radius 2 is 0.417 bits per heavy atom. The van der Waals surface area contributed by atoms with E-state index in [1.807, 2.05) is 0 Å². The molecule has 68 valence electrons. The van der Waals surface area contributed by atoms with Gasteiger partial charge in [0.2, 0.25) is 0 Å². The first-order valence-electron chi connectivity index (χ1n) is 1.75. The first kappa shape index (κ1) is 25.9. The second-order valence-electron chi connectivity index (χ2n) is 0.990. The van der Waals surface area contributed by atoms with Gasteiger partial charge in [0.1, 0.15) is 0 Å². The number of halogens is 8. The number of hydrogen-bond acceptors (Lipinski definition) is 0. The van der Waals surface area contributed by atoms with E-state index in [-0.39, 0.29) is 54.6 Å². The van der Waals surface area contributed by atoms with Crippen molar-refractivity contribution in [3.05, 3.63) is 0 Å². The zero-order chi connectivity index (χ0) is 9.00. The van der Waals surface area contributed by atoms with Crippen molar-refractivity contribution in [2.75, 3.05) is 0 Å². The molecule has 0 unspecified atom stereocenters. The standard InChI is InChI=1S/2Al.2Cd.8ClH/h;;;;8*1H/q2*+3;;;;;;;;;;/p-8. The summed E-state index contributed by atoms with van der Waals surface area (Å²) in [4.78, 5) is 0. The second kappa shape index (κ2) is 12.7. The number of rotatable bonds is 0. The van der Waals surface area contributed by atoms with Crippen LogP contribution in [0.2, 0.25) is 0 Å². The molecule has 0 aliphatic carbocycles. The average Bonchev–Trinajstić information content (AvgIpc) is 1.12. The van der Waals surface area contributed by atoms with E-state index in [0.29, 0.717) is 0 Å². The summed E-state index contributed by atoms with van der Waals surface area (Å²) in [6.07, 6.45) is 0. The van der Waals surface area contributed by atoms with Gasteiger partial charge < -0.3 is 80.4 Å². The fourth-order valence-electron chi connectivity index (χ4n) is 0. The summed E-state index contributed by atoms with van der Waals surface area (Å²) in [6.45, 7) is 0. The van der Waals surface area contributed by atoms with Crippen molar-refractivity contribution in [3.63, 3.8) is 0 Å². The molecular weight excluding hydrogens is 562 g/mol. The topological polar surface area (TPSA) is 0 Å². The van der Waals surface area contributed by atoms with Gasteiger partial charge in [0.05, 0.1) is 0 Å². The predicted octanol–water partition coefficient (Wildman–Crippen LogP) is 4.75. The van der Waals surface area contributed by atoms with Gasteiger partial charge in [-0.2, -0.15) is 0 Å². The molecule has 0 N–H and O–H groups in total. The molecular formula is Al2Cd2Cl8-2. The summed E-state index contributed by atoms with van der Waals surface area (Å²) in [6, 6.07) is 0. The molecule has 12 heteroatoms.